The first-order valence-electron chi connectivity index (χ1n) is 6.83. The van der Waals surface area contributed by atoms with Gasteiger partial charge in [-0.05, 0) is 23.8 Å². The molecule has 0 radical (unpaired) electrons. The molecule has 0 aliphatic heterocycles. The van der Waals surface area contributed by atoms with Gasteiger partial charge in [-0.2, -0.15) is 5.10 Å². The van der Waals surface area contributed by atoms with E-state index < -0.39 is 5.82 Å². The summed E-state index contributed by atoms with van der Waals surface area (Å²) in [5.41, 5.74) is 1.19. The summed E-state index contributed by atoms with van der Waals surface area (Å²) in [7, 11) is 1.00. The molecular weight excluding hydrogens is 299 g/mol. The number of carbonyl (C=O) groups is 1. The Hall–Kier alpha value is -2.86. The van der Waals surface area contributed by atoms with E-state index in [4.69, 9.17) is 5.11 Å². The summed E-state index contributed by atoms with van der Waals surface area (Å²) in [6.45, 7) is 0. The smallest absolute Gasteiger partial charge is 0.272 e. The molecule has 2 N–H and O–H groups in total. The van der Waals surface area contributed by atoms with Crippen LogP contribution in [-0.2, 0) is 6.42 Å². The van der Waals surface area contributed by atoms with Crippen LogP contribution in [0.3, 0.4) is 0 Å². The molecule has 6 heteroatoms. The summed E-state index contributed by atoms with van der Waals surface area (Å²) in [5.74, 6) is -0.548. The average Bonchev–Trinajstić information content (AvgIpc) is 2.61. The molecule has 0 spiro atoms. The number of aromatic amines is 1. The van der Waals surface area contributed by atoms with Gasteiger partial charge in [-0.1, -0.05) is 24.3 Å². The van der Waals surface area contributed by atoms with Crippen LogP contribution in [0.1, 0.15) is 21.6 Å². The minimum atomic E-state index is -0.548. The summed E-state index contributed by atoms with van der Waals surface area (Å²) in [6.07, 6.45) is 0.885. The van der Waals surface area contributed by atoms with Crippen molar-refractivity contribution in [1.82, 2.24) is 10.2 Å². The number of carbonyl (C=O) groups excluding carboxylic acids is 1. The van der Waals surface area contributed by atoms with Gasteiger partial charge in [0.05, 0.1) is 16.6 Å². The van der Waals surface area contributed by atoms with Gasteiger partial charge >= 0.3 is 0 Å². The Balaban J connectivity index is 0.000000924. The first-order chi connectivity index (χ1) is 11.2. The second kappa shape index (κ2) is 7.42. The van der Waals surface area contributed by atoms with E-state index >= 15 is 0 Å². The van der Waals surface area contributed by atoms with Gasteiger partial charge < -0.3 is 5.11 Å². The van der Waals surface area contributed by atoms with Crippen LogP contribution in [0.15, 0.2) is 47.3 Å². The predicted octanol–water partition coefficient (Wildman–Crippen LogP) is 2.07. The molecule has 0 bridgehead atoms. The zero-order valence-electron chi connectivity index (χ0n) is 12.4. The summed E-state index contributed by atoms with van der Waals surface area (Å²) in [4.78, 5) is 22.5. The highest BCUT2D eigenvalue weighted by atomic mass is 19.1. The minimum absolute atomic E-state index is 0.0150. The molecule has 118 valence electrons. The van der Waals surface area contributed by atoms with Crippen LogP contribution in [0.2, 0.25) is 0 Å². The molecule has 5 nitrogen and oxygen atoms in total. The summed E-state index contributed by atoms with van der Waals surface area (Å²) in [5, 5.41) is 14.8. The Morgan fingerprint density at radius 2 is 1.87 bits per heavy atom. The zero-order chi connectivity index (χ0) is 16.8. The highest BCUT2D eigenvalue weighted by Crippen LogP contribution is 2.17. The van der Waals surface area contributed by atoms with Gasteiger partial charge in [0.25, 0.3) is 5.56 Å². The van der Waals surface area contributed by atoms with Crippen molar-refractivity contribution in [3.05, 3.63) is 75.5 Å². The Kier molecular flexibility index (Phi) is 5.32. The van der Waals surface area contributed by atoms with Gasteiger partial charge in [-0.3, -0.25) is 9.59 Å². The lowest BCUT2D eigenvalue weighted by Crippen LogP contribution is -2.11. The quantitative estimate of drug-likeness (QED) is 0.725. The molecule has 1 aromatic heterocycles. The molecule has 0 amide bonds. The zero-order valence-corrected chi connectivity index (χ0v) is 12.4. The molecule has 0 aliphatic rings. The largest absolute Gasteiger partial charge is 0.400 e. The van der Waals surface area contributed by atoms with Crippen molar-refractivity contribution in [2.75, 3.05) is 7.11 Å². The lowest BCUT2D eigenvalue weighted by atomic mass is 10.0. The number of nitrogens with one attached hydrogen (secondary N) is 1. The number of hydrogen-bond acceptors (Lipinski definition) is 4. The molecule has 1 heterocycles. The molecule has 0 fully saturated rings. The average molecular weight is 314 g/mol. The SMILES string of the molecule is CO.O=Cc1cc(Cc2n[nH]c(=O)c3ccccc23)ccc1F. The second-order valence-corrected chi connectivity index (χ2v) is 4.70. The van der Waals surface area contributed by atoms with Gasteiger partial charge in [0.15, 0.2) is 6.29 Å². The van der Waals surface area contributed by atoms with E-state index in [1.165, 1.54) is 12.1 Å². The third-order valence-electron chi connectivity index (χ3n) is 3.33. The van der Waals surface area contributed by atoms with E-state index in [9.17, 15) is 14.0 Å². The molecule has 0 unspecified atom stereocenters. The van der Waals surface area contributed by atoms with Gasteiger partial charge in [0.2, 0.25) is 0 Å². The molecule has 2 aromatic carbocycles. The van der Waals surface area contributed by atoms with Crippen molar-refractivity contribution >= 4 is 17.1 Å². The lowest BCUT2D eigenvalue weighted by Gasteiger charge is -2.06. The lowest BCUT2D eigenvalue weighted by molar-refractivity contribution is 0.111. The summed E-state index contributed by atoms with van der Waals surface area (Å²) in [6, 6.07) is 11.5. The fourth-order valence-corrected chi connectivity index (χ4v) is 2.29. The van der Waals surface area contributed by atoms with Gasteiger partial charge in [0.1, 0.15) is 5.82 Å². The van der Waals surface area contributed by atoms with Crippen molar-refractivity contribution in [1.29, 1.82) is 0 Å². The van der Waals surface area contributed by atoms with Crippen LogP contribution in [0.5, 0.6) is 0 Å². The summed E-state index contributed by atoms with van der Waals surface area (Å²) < 4.78 is 13.3. The highest BCUT2D eigenvalue weighted by Gasteiger charge is 2.08. The second-order valence-electron chi connectivity index (χ2n) is 4.70. The third kappa shape index (κ3) is 3.49. The molecular formula is C17H15FN2O3. The molecule has 3 aromatic rings. The number of rotatable bonds is 3. The Bertz CT molecular complexity index is 890. The van der Waals surface area contributed by atoms with Crippen LogP contribution in [0, 0.1) is 5.82 Å². The normalized spacial score (nSPS) is 10.0. The van der Waals surface area contributed by atoms with Gasteiger partial charge in [-0.25, -0.2) is 9.49 Å². The monoisotopic (exact) mass is 314 g/mol. The van der Waals surface area contributed by atoms with Crippen molar-refractivity contribution < 1.29 is 14.3 Å². The maximum Gasteiger partial charge on any atom is 0.272 e. The Morgan fingerprint density at radius 1 is 1.17 bits per heavy atom. The molecule has 0 aliphatic carbocycles. The van der Waals surface area contributed by atoms with E-state index in [1.54, 1.807) is 18.2 Å². The van der Waals surface area contributed by atoms with Crippen molar-refractivity contribution in [3.63, 3.8) is 0 Å². The maximum atomic E-state index is 13.3. The van der Waals surface area contributed by atoms with Crippen molar-refractivity contribution in [2.24, 2.45) is 0 Å². The van der Waals surface area contributed by atoms with E-state index in [-0.39, 0.29) is 11.1 Å². The van der Waals surface area contributed by atoms with Crippen LogP contribution in [0.4, 0.5) is 4.39 Å². The number of hydrogen-bond donors (Lipinski definition) is 2. The number of benzene rings is 2. The number of H-pyrrole nitrogens is 1. The number of aldehydes is 1. The third-order valence-corrected chi connectivity index (χ3v) is 3.33. The van der Waals surface area contributed by atoms with Crippen LogP contribution in [-0.4, -0.2) is 28.7 Å². The number of halogens is 1. The topological polar surface area (TPSA) is 83.0 Å². The first-order valence-corrected chi connectivity index (χ1v) is 6.83. The summed E-state index contributed by atoms with van der Waals surface area (Å²) >= 11 is 0. The van der Waals surface area contributed by atoms with E-state index in [1.807, 2.05) is 12.1 Å². The van der Waals surface area contributed by atoms with E-state index in [0.717, 1.165) is 18.1 Å². The first kappa shape index (κ1) is 16.5. The molecule has 0 saturated carbocycles. The Labute approximate surface area is 131 Å². The van der Waals surface area contributed by atoms with Crippen molar-refractivity contribution in [2.45, 2.75) is 6.42 Å². The van der Waals surface area contributed by atoms with Gasteiger partial charge in [0, 0.05) is 18.9 Å². The van der Waals surface area contributed by atoms with E-state index in [0.29, 0.717) is 23.8 Å². The van der Waals surface area contributed by atoms with Gasteiger partial charge in [-0.15, -0.1) is 0 Å². The maximum absolute atomic E-state index is 13.3. The van der Waals surface area contributed by atoms with Crippen LogP contribution >= 0.6 is 0 Å². The molecule has 3 rings (SSSR count). The van der Waals surface area contributed by atoms with Crippen LogP contribution in [0.25, 0.3) is 10.8 Å². The number of fused-ring (bicyclic) bond motifs is 1. The fraction of sp³-hybridized carbons (Fsp3) is 0.118. The number of aliphatic hydroxyl groups is 1. The molecule has 23 heavy (non-hydrogen) atoms. The Morgan fingerprint density at radius 3 is 2.57 bits per heavy atom. The number of nitrogens with zero attached hydrogens (tertiary/aromatic N) is 1. The number of aliphatic hydroxyl groups excluding tert-OH is 1. The minimum Gasteiger partial charge on any atom is -0.400 e. The standard InChI is InChI=1S/C16H11FN2O2.CH4O/c17-14-6-5-10(7-11(14)9-20)8-15-12-3-1-2-4-13(12)16(21)19-18-15;1-2/h1-7,9H,8H2,(H,19,21);2H,1H3. The molecule has 0 saturated heterocycles. The predicted molar refractivity (Wildman–Crippen MR) is 85.1 cm³/mol. The number of aromatic nitrogens is 2. The van der Waals surface area contributed by atoms with E-state index in [2.05, 4.69) is 10.2 Å². The highest BCUT2D eigenvalue weighted by molar-refractivity contribution is 5.83. The molecule has 0 atom stereocenters. The fourth-order valence-electron chi connectivity index (χ4n) is 2.29. The van der Waals surface area contributed by atoms with Crippen molar-refractivity contribution in [3.8, 4) is 0 Å². The van der Waals surface area contributed by atoms with Crippen LogP contribution < -0.4 is 5.56 Å².